The zero-order valence-corrected chi connectivity index (χ0v) is 29.9. The number of nitrogens with zero attached hydrogens (tertiary/aromatic N) is 3. The van der Waals surface area contributed by atoms with Crippen molar-refractivity contribution in [3.63, 3.8) is 0 Å². The van der Waals surface area contributed by atoms with Gasteiger partial charge in [-0.05, 0) is 56.9 Å². The minimum atomic E-state index is 0.687. The number of rotatable bonds is 5. The van der Waals surface area contributed by atoms with Gasteiger partial charge in [-0.1, -0.05) is 176 Å². The zero-order chi connectivity index (χ0) is 36.3. The van der Waals surface area contributed by atoms with E-state index in [-0.39, 0.29) is 0 Å². The number of benzene rings is 9. The van der Waals surface area contributed by atoms with Crippen LogP contribution in [0.15, 0.2) is 200 Å². The molecular formula is C52H33N3. The van der Waals surface area contributed by atoms with Crippen LogP contribution in [0.2, 0.25) is 0 Å². The van der Waals surface area contributed by atoms with E-state index in [0.717, 1.165) is 33.8 Å². The van der Waals surface area contributed by atoms with Crippen LogP contribution in [0, 0.1) is 0 Å². The Morgan fingerprint density at radius 2 is 0.891 bits per heavy atom. The minimum Gasteiger partial charge on any atom is -0.309 e. The summed E-state index contributed by atoms with van der Waals surface area (Å²) in [4.78, 5) is 10.5. The van der Waals surface area contributed by atoms with Gasteiger partial charge in [0.25, 0.3) is 0 Å². The van der Waals surface area contributed by atoms with E-state index in [2.05, 4.69) is 193 Å². The maximum absolute atomic E-state index is 5.25. The van der Waals surface area contributed by atoms with Gasteiger partial charge < -0.3 is 4.57 Å². The van der Waals surface area contributed by atoms with Gasteiger partial charge in [0, 0.05) is 43.9 Å². The third-order valence-corrected chi connectivity index (χ3v) is 11.0. The van der Waals surface area contributed by atoms with Crippen LogP contribution in [0.3, 0.4) is 0 Å². The van der Waals surface area contributed by atoms with E-state index in [1.807, 2.05) is 12.1 Å². The monoisotopic (exact) mass is 699 g/mol. The molecule has 3 nitrogen and oxygen atoms in total. The second-order valence-electron chi connectivity index (χ2n) is 14.2. The predicted molar refractivity (Wildman–Crippen MR) is 231 cm³/mol. The first-order valence-electron chi connectivity index (χ1n) is 18.7. The van der Waals surface area contributed by atoms with Crippen molar-refractivity contribution in [3.8, 4) is 50.7 Å². The Kier molecular flexibility index (Phi) is 7.17. The average molecular weight is 700 g/mol. The molecule has 256 valence electrons. The lowest BCUT2D eigenvalue weighted by molar-refractivity contribution is 1.16. The van der Waals surface area contributed by atoms with Gasteiger partial charge in [0.15, 0.2) is 5.82 Å². The van der Waals surface area contributed by atoms with Crippen molar-refractivity contribution < 1.29 is 0 Å². The second kappa shape index (κ2) is 12.6. The predicted octanol–water partition coefficient (Wildman–Crippen LogP) is 13.7. The quantitative estimate of drug-likeness (QED) is 0.167. The maximum Gasteiger partial charge on any atom is 0.160 e. The summed E-state index contributed by atoms with van der Waals surface area (Å²) in [5.74, 6) is 0.687. The first-order chi connectivity index (χ1) is 27.3. The fourth-order valence-electron chi connectivity index (χ4n) is 8.44. The molecule has 0 spiro atoms. The molecule has 0 unspecified atom stereocenters. The minimum absolute atomic E-state index is 0.687. The lowest BCUT2D eigenvalue weighted by Gasteiger charge is -2.15. The first-order valence-corrected chi connectivity index (χ1v) is 18.7. The Morgan fingerprint density at radius 3 is 1.65 bits per heavy atom. The number of hydrogen-bond acceptors (Lipinski definition) is 2. The molecule has 0 saturated carbocycles. The zero-order valence-electron chi connectivity index (χ0n) is 29.9. The lowest BCUT2D eigenvalue weighted by Crippen LogP contribution is -1.98. The van der Waals surface area contributed by atoms with E-state index < -0.39 is 0 Å². The third-order valence-electron chi connectivity index (χ3n) is 11.0. The summed E-state index contributed by atoms with van der Waals surface area (Å²) < 4.78 is 2.45. The molecule has 0 N–H and O–H groups in total. The highest BCUT2D eigenvalue weighted by molar-refractivity contribution is 6.36. The Bertz CT molecular complexity index is 3230. The van der Waals surface area contributed by atoms with Gasteiger partial charge in [-0.3, -0.25) is 0 Å². The van der Waals surface area contributed by atoms with Gasteiger partial charge in [-0.25, -0.2) is 9.97 Å². The van der Waals surface area contributed by atoms with Crippen LogP contribution in [-0.2, 0) is 0 Å². The van der Waals surface area contributed by atoms with Crippen LogP contribution in [0.1, 0.15) is 0 Å². The first kappa shape index (κ1) is 31.2. The molecule has 0 saturated heterocycles. The van der Waals surface area contributed by atoms with Crippen LogP contribution >= 0.6 is 0 Å². The smallest absolute Gasteiger partial charge is 0.160 e. The molecule has 55 heavy (non-hydrogen) atoms. The van der Waals surface area contributed by atoms with E-state index in [9.17, 15) is 0 Å². The molecule has 0 aliphatic rings. The number of fused-ring (bicyclic) bond motifs is 10. The Morgan fingerprint density at radius 1 is 0.327 bits per heavy atom. The van der Waals surface area contributed by atoms with Crippen molar-refractivity contribution in [1.82, 2.24) is 14.5 Å². The van der Waals surface area contributed by atoms with E-state index >= 15 is 0 Å². The second-order valence-corrected chi connectivity index (χ2v) is 14.2. The largest absolute Gasteiger partial charge is 0.309 e. The van der Waals surface area contributed by atoms with Gasteiger partial charge >= 0.3 is 0 Å². The van der Waals surface area contributed by atoms with Crippen LogP contribution in [0.5, 0.6) is 0 Å². The summed E-state index contributed by atoms with van der Waals surface area (Å²) >= 11 is 0. The molecular weight excluding hydrogens is 667 g/mol. The summed E-state index contributed by atoms with van der Waals surface area (Å²) in [5, 5.41) is 10.1. The number of aromatic nitrogens is 3. The maximum atomic E-state index is 5.25. The molecule has 0 atom stereocenters. The number of hydrogen-bond donors (Lipinski definition) is 0. The van der Waals surface area contributed by atoms with Gasteiger partial charge in [0.05, 0.1) is 22.4 Å². The highest BCUT2D eigenvalue weighted by atomic mass is 15.0. The standard InChI is InChI=1S/C52H33N3/c1-3-14-34(15-4-1)35-26-28-38(29-27-35)47-33-46(37-17-5-2-6-18-37)53-52(54-47)39-19-13-20-40(32-39)55-48-25-12-11-24-45(48)50-49-41-21-8-7-16-36(41)30-31-43(49)42-22-9-10-23-44(42)51(50)55/h1-33H. The van der Waals surface area contributed by atoms with E-state index in [1.165, 1.54) is 65.3 Å². The molecule has 3 heteroatoms. The summed E-state index contributed by atoms with van der Waals surface area (Å²) in [6, 6.07) is 71.4. The SMILES string of the molecule is c1ccc(-c2ccc(-c3cc(-c4ccccc4)nc(-c4cccc(-n5c6ccccc6c6c7c8ccccc8ccc7c7ccccc7c65)c4)n3)cc2)cc1. The van der Waals surface area contributed by atoms with Crippen molar-refractivity contribution in [1.29, 1.82) is 0 Å². The fraction of sp³-hybridized carbons (Fsp3) is 0. The Hall–Kier alpha value is -7.36. The topological polar surface area (TPSA) is 30.7 Å². The Labute approximate surface area is 318 Å². The van der Waals surface area contributed by atoms with Crippen molar-refractivity contribution in [2.24, 2.45) is 0 Å². The van der Waals surface area contributed by atoms with E-state index in [4.69, 9.17) is 9.97 Å². The molecule has 11 rings (SSSR count). The van der Waals surface area contributed by atoms with E-state index in [0.29, 0.717) is 5.82 Å². The molecule has 0 radical (unpaired) electrons. The molecule has 0 aliphatic heterocycles. The molecule has 0 fully saturated rings. The lowest BCUT2D eigenvalue weighted by atomic mass is 9.93. The molecule has 0 amide bonds. The third kappa shape index (κ3) is 5.13. The van der Waals surface area contributed by atoms with Gasteiger partial charge in [0.2, 0.25) is 0 Å². The number of para-hydroxylation sites is 1. The van der Waals surface area contributed by atoms with Crippen molar-refractivity contribution in [2.45, 2.75) is 0 Å². The average Bonchev–Trinajstić information content (AvgIpc) is 3.62. The van der Waals surface area contributed by atoms with Crippen LogP contribution < -0.4 is 0 Å². The van der Waals surface area contributed by atoms with Gasteiger partial charge in [-0.15, -0.1) is 0 Å². The summed E-state index contributed by atoms with van der Waals surface area (Å²) in [6.07, 6.45) is 0. The van der Waals surface area contributed by atoms with Gasteiger partial charge in [-0.2, -0.15) is 0 Å². The summed E-state index contributed by atoms with van der Waals surface area (Å²) in [6.45, 7) is 0. The van der Waals surface area contributed by atoms with Crippen molar-refractivity contribution in [2.75, 3.05) is 0 Å². The van der Waals surface area contributed by atoms with Crippen LogP contribution in [0.25, 0.3) is 105 Å². The van der Waals surface area contributed by atoms with Gasteiger partial charge in [0.1, 0.15) is 0 Å². The molecule has 0 aliphatic carbocycles. The van der Waals surface area contributed by atoms with E-state index in [1.54, 1.807) is 0 Å². The fourth-order valence-corrected chi connectivity index (χ4v) is 8.44. The van der Waals surface area contributed by atoms with Crippen molar-refractivity contribution >= 4 is 54.1 Å². The molecule has 2 heterocycles. The highest BCUT2D eigenvalue weighted by Gasteiger charge is 2.21. The highest BCUT2D eigenvalue weighted by Crippen LogP contribution is 2.45. The van der Waals surface area contributed by atoms with Crippen LogP contribution in [-0.4, -0.2) is 14.5 Å². The molecule has 9 aromatic carbocycles. The molecule has 0 bridgehead atoms. The van der Waals surface area contributed by atoms with Crippen molar-refractivity contribution in [3.05, 3.63) is 200 Å². The summed E-state index contributed by atoms with van der Waals surface area (Å²) in [5.41, 5.74) is 10.6. The summed E-state index contributed by atoms with van der Waals surface area (Å²) in [7, 11) is 0. The normalized spacial score (nSPS) is 11.6. The molecule has 11 aromatic rings. The van der Waals surface area contributed by atoms with Crippen LogP contribution in [0.4, 0.5) is 0 Å². The molecule has 2 aromatic heterocycles. The Balaban J connectivity index is 1.15.